The first-order valence-corrected chi connectivity index (χ1v) is 6.66. The molecule has 0 aromatic carbocycles. The van der Waals surface area contributed by atoms with Crippen LogP contribution in [0.15, 0.2) is 0 Å². The van der Waals surface area contributed by atoms with Gasteiger partial charge < -0.3 is 0 Å². The zero-order valence-corrected chi connectivity index (χ0v) is 9.63. The molecule has 0 amide bonds. The number of nitrogens with one attached hydrogen (secondary N) is 2. The van der Waals surface area contributed by atoms with Crippen molar-refractivity contribution < 1.29 is 13.6 Å². The van der Waals surface area contributed by atoms with Crippen LogP contribution in [-0.4, -0.2) is 36.9 Å². The molecular weight excluding hydrogens is 232 g/mol. The molecule has 0 radical (unpaired) electrons. The molecule has 16 heavy (non-hydrogen) atoms. The van der Waals surface area contributed by atoms with E-state index in [9.17, 15) is 8.42 Å². The number of nitrogens with two attached hydrogens (primary N) is 1. The molecule has 7 nitrogen and oxygen atoms in total. The lowest BCUT2D eigenvalue weighted by molar-refractivity contribution is 0.218. The second kappa shape index (κ2) is 3.66. The van der Waals surface area contributed by atoms with Gasteiger partial charge in [-0.1, -0.05) is 0 Å². The summed E-state index contributed by atoms with van der Waals surface area (Å²) in [6.07, 6.45) is 2.26. The zero-order valence-electron chi connectivity index (χ0n) is 8.81. The van der Waals surface area contributed by atoms with E-state index in [4.69, 9.17) is 15.8 Å². The van der Waals surface area contributed by atoms with Crippen molar-refractivity contribution in [2.45, 2.75) is 19.3 Å². The van der Waals surface area contributed by atoms with Crippen LogP contribution in [0, 0.1) is 16.7 Å². The van der Waals surface area contributed by atoms with Gasteiger partial charge in [0.25, 0.3) is 10.2 Å². The van der Waals surface area contributed by atoms with E-state index >= 15 is 0 Å². The van der Waals surface area contributed by atoms with Crippen molar-refractivity contribution in [3.63, 3.8) is 0 Å². The number of rotatable bonds is 2. The van der Waals surface area contributed by atoms with E-state index in [-0.39, 0.29) is 17.2 Å². The Morgan fingerprint density at radius 3 is 2.50 bits per heavy atom. The molecule has 1 aliphatic carbocycles. The molecule has 1 aliphatic heterocycles. The third kappa shape index (κ3) is 1.93. The summed E-state index contributed by atoms with van der Waals surface area (Å²) >= 11 is 0. The van der Waals surface area contributed by atoms with E-state index < -0.39 is 10.2 Å². The standard InChI is InChI=1S/C8H16N4O3S/c9-7(11-13)6-5-8(6)1-3-12(4-2-8)16(10,14)15/h6,13H,1-5H2,(H2,9,11)(H2,10,14,15)/t6-/m0/s1. The highest BCUT2D eigenvalue weighted by molar-refractivity contribution is 7.86. The van der Waals surface area contributed by atoms with Gasteiger partial charge in [-0.3, -0.25) is 16.1 Å². The molecule has 8 heteroatoms. The largest absolute Gasteiger partial charge is 0.290 e. The second-order valence-corrected chi connectivity index (χ2v) is 6.13. The van der Waals surface area contributed by atoms with Crippen molar-refractivity contribution in [3.8, 4) is 0 Å². The molecule has 1 heterocycles. The topological polar surface area (TPSA) is 120 Å². The summed E-state index contributed by atoms with van der Waals surface area (Å²) in [7, 11) is -3.58. The molecule has 5 N–H and O–H groups in total. The van der Waals surface area contributed by atoms with E-state index in [0.717, 1.165) is 6.42 Å². The van der Waals surface area contributed by atoms with Crippen LogP contribution in [0.1, 0.15) is 19.3 Å². The maximum absolute atomic E-state index is 11.1. The van der Waals surface area contributed by atoms with Gasteiger partial charge in [0.05, 0.1) is 0 Å². The Bertz CT molecular complexity index is 400. The van der Waals surface area contributed by atoms with E-state index in [1.54, 1.807) is 0 Å². The minimum atomic E-state index is -3.58. The molecule has 1 atom stereocenters. The average Bonchev–Trinajstić information content (AvgIpc) is 2.90. The molecule has 0 bridgehead atoms. The lowest BCUT2D eigenvalue weighted by Gasteiger charge is -2.30. The fourth-order valence-electron chi connectivity index (χ4n) is 2.57. The maximum Gasteiger partial charge on any atom is 0.276 e. The van der Waals surface area contributed by atoms with Crippen LogP contribution in [0.3, 0.4) is 0 Å². The number of hydrogen-bond acceptors (Lipinski definition) is 4. The summed E-state index contributed by atoms with van der Waals surface area (Å²) in [5.41, 5.74) is 1.87. The number of hydroxylamine groups is 1. The van der Waals surface area contributed by atoms with Crippen LogP contribution >= 0.6 is 0 Å². The highest BCUT2D eigenvalue weighted by atomic mass is 32.2. The molecule has 1 spiro atoms. The van der Waals surface area contributed by atoms with Crippen molar-refractivity contribution in [1.29, 1.82) is 5.41 Å². The Kier molecular flexibility index (Phi) is 2.69. The molecule has 2 rings (SSSR count). The molecule has 0 aromatic heterocycles. The lowest BCUT2D eigenvalue weighted by atomic mass is 9.91. The minimum Gasteiger partial charge on any atom is -0.290 e. The first-order valence-electron chi connectivity index (χ1n) is 5.15. The van der Waals surface area contributed by atoms with Crippen LogP contribution < -0.4 is 10.6 Å². The van der Waals surface area contributed by atoms with Crippen molar-refractivity contribution in [3.05, 3.63) is 0 Å². The number of piperidine rings is 1. The first kappa shape index (κ1) is 11.8. The van der Waals surface area contributed by atoms with Crippen LogP contribution in [0.25, 0.3) is 0 Å². The third-order valence-electron chi connectivity index (χ3n) is 3.74. The van der Waals surface area contributed by atoms with E-state index in [1.165, 1.54) is 4.31 Å². The van der Waals surface area contributed by atoms with Crippen LogP contribution in [0.4, 0.5) is 0 Å². The first-order chi connectivity index (χ1) is 7.39. The Morgan fingerprint density at radius 2 is 2.06 bits per heavy atom. The highest BCUT2D eigenvalue weighted by Gasteiger charge is 2.57. The van der Waals surface area contributed by atoms with Gasteiger partial charge in [0.15, 0.2) is 0 Å². The maximum atomic E-state index is 11.1. The van der Waals surface area contributed by atoms with Crippen LogP contribution in [0.2, 0.25) is 0 Å². The quantitative estimate of drug-likeness (QED) is 0.292. The Labute approximate surface area is 94.3 Å². The van der Waals surface area contributed by atoms with Crippen molar-refractivity contribution >= 4 is 16.0 Å². The monoisotopic (exact) mass is 248 g/mol. The fourth-order valence-corrected chi connectivity index (χ4v) is 3.26. The van der Waals surface area contributed by atoms with E-state index in [2.05, 4.69) is 0 Å². The molecule has 2 aliphatic rings. The predicted molar refractivity (Wildman–Crippen MR) is 57.1 cm³/mol. The van der Waals surface area contributed by atoms with Crippen molar-refractivity contribution in [2.24, 2.45) is 16.5 Å². The smallest absolute Gasteiger partial charge is 0.276 e. The predicted octanol–water partition coefficient (Wildman–Crippen LogP) is -0.752. The summed E-state index contributed by atoms with van der Waals surface area (Å²) in [6.45, 7) is 0.822. The number of amidine groups is 1. The van der Waals surface area contributed by atoms with Crippen molar-refractivity contribution in [2.75, 3.05) is 13.1 Å². The average molecular weight is 248 g/mol. The molecule has 0 unspecified atom stereocenters. The lowest BCUT2D eigenvalue weighted by Crippen LogP contribution is -2.43. The minimum absolute atomic E-state index is 0.00794. The summed E-state index contributed by atoms with van der Waals surface area (Å²) in [6, 6.07) is 0. The van der Waals surface area contributed by atoms with Gasteiger partial charge in [-0.25, -0.2) is 5.14 Å². The van der Waals surface area contributed by atoms with E-state index in [0.29, 0.717) is 25.9 Å². The zero-order chi connectivity index (χ0) is 12.0. The van der Waals surface area contributed by atoms with Gasteiger partial charge in [0.2, 0.25) is 0 Å². The van der Waals surface area contributed by atoms with Gasteiger partial charge in [-0.15, -0.1) is 0 Å². The molecular formula is C8H16N4O3S. The SMILES string of the molecule is N=C(NO)[C@@H]1CC12CCN(S(N)(=O)=O)CC2. The molecule has 92 valence electrons. The Balaban J connectivity index is 1.95. The number of hydrogen-bond donors (Lipinski definition) is 4. The second-order valence-electron chi connectivity index (χ2n) is 4.59. The molecule has 0 aromatic rings. The van der Waals surface area contributed by atoms with Gasteiger partial charge in [0, 0.05) is 19.0 Å². The number of nitrogens with zero attached hydrogens (tertiary/aromatic N) is 1. The molecule has 1 saturated heterocycles. The summed E-state index contributed by atoms with van der Waals surface area (Å²) in [5, 5.41) is 21.2. The summed E-state index contributed by atoms with van der Waals surface area (Å²) < 4.78 is 23.5. The molecule has 2 fully saturated rings. The normalized spacial score (nSPS) is 29.0. The summed E-state index contributed by atoms with van der Waals surface area (Å²) in [4.78, 5) is 0. The third-order valence-corrected chi connectivity index (χ3v) is 4.82. The van der Waals surface area contributed by atoms with Crippen molar-refractivity contribution in [1.82, 2.24) is 9.79 Å². The highest BCUT2D eigenvalue weighted by Crippen LogP contribution is 2.59. The van der Waals surface area contributed by atoms with Gasteiger partial charge in [0.1, 0.15) is 5.84 Å². The summed E-state index contributed by atoms with van der Waals surface area (Å²) in [5.74, 6) is 0.171. The van der Waals surface area contributed by atoms with Crippen LogP contribution in [0.5, 0.6) is 0 Å². The van der Waals surface area contributed by atoms with Gasteiger partial charge >= 0.3 is 0 Å². The Hall–Kier alpha value is -0.700. The van der Waals surface area contributed by atoms with Crippen LogP contribution in [-0.2, 0) is 10.2 Å². The van der Waals surface area contributed by atoms with Gasteiger partial charge in [-0.05, 0) is 24.7 Å². The molecule has 1 saturated carbocycles. The van der Waals surface area contributed by atoms with Gasteiger partial charge in [-0.2, -0.15) is 12.7 Å². The van der Waals surface area contributed by atoms with E-state index in [1.807, 2.05) is 5.48 Å². The Morgan fingerprint density at radius 1 is 1.50 bits per heavy atom. The fraction of sp³-hybridized carbons (Fsp3) is 0.875.